The minimum Gasteiger partial charge on any atom is -0.507 e. The second-order valence-electron chi connectivity index (χ2n) is 7.37. The number of phenols is 1. The molecule has 3 rings (SSSR count). The highest BCUT2D eigenvalue weighted by molar-refractivity contribution is 5.83. The van der Waals surface area contributed by atoms with Crippen molar-refractivity contribution in [1.82, 2.24) is 9.55 Å². The highest BCUT2D eigenvalue weighted by atomic mass is 16.5. The summed E-state index contributed by atoms with van der Waals surface area (Å²) in [7, 11) is 1.85. The molecule has 3 aromatic rings. The van der Waals surface area contributed by atoms with Gasteiger partial charge in [-0.3, -0.25) is 4.79 Å². The molecule has 140 valence electrons. The molecule has 0 radical (unpaired) electrons. The first-order valence-electron chi connectivity index (χ1n) is 8.54. The average molecular weight is 366 g/mol. The topological polar surface area (TPSA) is 84.6 Å². The van der Waals surface area contributed by atoms with Gasteiger partial charge in [-0.1, -0.05) is 12.1 Å². The third kappa shape index (κ3) is 3.79. The zero-order valence-electron chi connectivity index (χ0n) is 15.7. The van der Waals surface area contributed by atoms with Gasteiger partial charge in [0.15, 0.2) is 0 Å². The Hall–Kier alpha value is -3.28. The molecule has 2 aromatic carbocycles. The number of imidazole rings is 1. The van der Waals surface area contributed by atoms with Crippen molar-refractivity contribution >= 4 is 28.8 Å². The molecule has 27 heavy (non-hydrogen) atoms. The van der Waals surface area contributed by atoms with Crippen molar-refractivity contribution in [2.75, 3.05) is 0 Å². The number of rotatable bonds is 3. The molecule has 0 aliphatic carbocycles. The van der Waals surface area contributed by atoms with Gasteiger partial charge in [-0.15, -0.1) is 0 Å². The molecule has 6 heteroatoms. The average Bonchev–Trinajstić information content (AvgIpc) is 2.90. The van der Waals surface area contributed by atoms with Crippen molar-refractivity contribution in [2.24, 2.45) is 12.5 Å². The molecule has 0 aliphatic rings. The van der Waals surface area contributed by atoms with Gasteiger partial charge in [0.05, 0.1) is 22.0 Å². The maximum Gasteiger partial charge on any atom is 0.316 e. The lowest BCUT2D eigenvalue weighted by molar-refractivity contribution is -0.142. The summed E-state index contributed by atoms with van der Waals surface area (Å²) in [5, 5.41) is 20.7. The van der Waals surface area contributed by atoms with Gasteiger partial charge in [0.25, 0.3) is 0 Å². The normalized spacial score (nSPS) is 12.4. The van der Waals surface area contributed by atoms with E-state index in [9.17, 15) is 15.0 Å². The van der Waals surface area contributed by atoms with Gasteiger partial charge < -0.3 is 19.5 Å². The zero-order chi connectivity index (χ0) is 19.8. The van der Waals surface area contributed by atoms with Gasteiger partial charge in [-0.25, -0.2) is 4.98 Å². The van der Waals surface area contributed by atoms with E-state index in [1.54, 1.807) is 20.8 Å². The van der Waals surface area contributed by atoms with Crippen LogP contribution in [0.1, 0.15) is 32.2 Å². The number of aliphatic hydroxyl groups excluding tert-OH is 1. The maximum absolute atomic E-state index is 12.0. The second-order valence-corrected chi connectivity index (χ2v) is 7.37. The van der Waals surface area contributed by atoms with E-state index >= 15 is 0 Å². The lowest BCUT2D eigenvalue weighted by Crippen LogP contribution is -2.25. The van der Waals surface area contributed by atoms with Gasteiger partial charge in [0, 0.05) is 19.2 Å². The zero-order valence-corrected chi connectivity index (χ0v) is 15.7. The number of ether oxygens (including phenoxy) is 1. The maximum atomic E-state index is 12.0. The third-order valence-corrected chi connectivity index (χ3v) is 4.16. The Morgan fingerprint density at radius 2 is 1.89 bits per heavy atom. The van der Waals surface area contributed by atoms with E-state index in [4.69, 9.17) is 4.74 Å². The van der Waals surface area contributed by atoms with Crippen LogP contribution in [0.25, 0.3) is 22.9 Å². The molecule has 0 amide bonds. The SMILES string of the molecule is Cn1c(C=C(O)c2ccc(OC(=O)C(C)(C)C)cc2O)nc2ccccc21. The van der Waals surface area contributed by atoms with E-state index < -0.39 is 11.4 Å². The number of carbonyl (C=O) groups excluding carboxylic acids is 1. The van der Waals surface area contributed by atoms with E-state index in [0.29, 0.717) is 5.82 Å². The molecular formula is C21H22N2O4. The number of phenolic OH excluding ortho intramolecular Hbond substituents is 1. The Bertz CT molecular complexity index is 1040. The molecule has 0 saturated carbocycles. The Kier molecular flexibility index (Phi) is 4.66. The Balaban J connectivity index is 1.90. The summed E-state index contributed by atoms with van der Waals surface area (Å²) in [5.74, 6) is 0.0264. The van der Waals surface area contributed by atoms with Crippen LogP contribution in [0.4, 0.5) is 0 Å². The molecule has 0 aliphatic heterocycles. The number of aromatic nitrogens is 2. The standard InChI is InChI=1S/C21H22N2O4/c1-21(2,3)20(26)27-13-9-10-14(17(24)11-13)18(25)12-19-22-15-7-5-6-8-16(15)23(19)4/h5-12,24-25H,1-4H3. The molecule has 0 saturated heterocycles. The minimum absolute atomic E-state index is 0.139. The molecular weight excluding hydrogens is 344 g/mol. The first kappa shape index (κ1) is 18.5. The van der Waals surface area contributed by atoms with Crippen molar-refractivity contribution < 1.29 is 19.7 Å². The van der Waals surface area contributed by atoms with E-state index in [2.05, 4.69) is 4.98 Å². The van der Waals surface area contributed by atoms with Crippen molar-refractivity contribution in [3.05, 3.63) is 53.9 Å². The van der Waals surface area contributed by atoms with E-state index in [-0.39, 0.29) is 22.8 Å². The number of nitrogens with zero attached hydrogens (tertiary/aromatic N) is 2. The Labute approximate surface area is 157 Å². The first-order chi connectivity index (χ1) is 12.7. The predicted molar refractivity (Wildman–Crippen MR) is 104 cm³/mol. The monoisotopic (exact) mass is 366 g/mol. The summed E-state index contributed by atoms with van der Waals surface area (Å²) in [6.07, 6.45) is 1.48. The van der Waals surface area contributed by atoms with Crippen molar-refractivity contribution in [3.63, 3.8) is 0 Å². The summed E-state index contributed by atoms with van der Waals surface area (Å²) in [6.45, 7) is 5.24. The van der Waals surface area contributed by atoms with Crippen LogP contribution in [0.3, 0.4) is 0 Å². The van der Waals surface area contributed by atoms with Gasteiger partial charge in [0.1, 0.15) is 23.1 Å². The number of hydrogen-bond donors (Lipinski definition) is 2. The summed E-state index contributed by atoms with van der Waals surface area (Å²) in [6, 6.07) is 12.0. The molecule has 1 aromatic heterocycles. The Morgan fingerprint density at radius 3 is 2.52 bits per heavy atom. The molecule has 0 bridgehead atoms. The van der Waals surface area contributed by atoms with Gasteiger partial charge in [0.2, 0.25) is 0 Å². The van der Waals surface area contributed by atoms with Gasteiger partial charge >= 0.3 is 5.97 Å². The van der Waals surface area contributed by atoms with Crippen LogP contribution in [0.2, 0.25) is 0 Å². The number of benzene rings is 2. The predicted octanol–water partition coefficient (Wildman–Crippen LogP) is 4.29. The molecule has 0 fully saturated rings. The lowest BCUT2D eigenvalue weighted by atomic mass is 9.97. The molecule has 0 unspecified atom stereocenters. The summed E-state index contributed by atoms with van der Waals surface area (Å²) >= 11 is 0. The second kappa shape index (κ2) is 6.79. The van der Waals surface area contributed by atoms with Crippen LogP contribution >= 0.6 is 0 Å². The molecule has 0 spiro atoms. The van der Waals surface area contributed by atoms with E-state index in [1.165, 1.54) is 24.3 Å². The quantitative estimate of drug-likeness (QED) is 0.410. The van der Waals surface area contributed by atoms with Crippen molar-refractivity contribution in [1.29, 1.82) is 0 Å². The highest BCUT2D eigenvalue weighted by Gasteiger charge is 2.24. The van der Waals surface area contributed by atoms with Crippen molar-refractivity contribution in [3.8, 4) is 11.5 Å². The molecule has 6 nitrogen and oxygen atoms in total. The fourth-order valence-electron chi connectivity index (χ4n) is 2.54. The van der Waals surface area contributed by atoms with Gasteiger partial charge in [-0.2, -0.15) is 0 Å². The van der Waals surface area contributed by atoms with Crippen LogP contribution < -0.4 is 4.74 Å². The van der Waals surface area contributed by atoms with Crippen LogP contribution in [0.5, 0.6) is 11.5 Å². The van der Waals surface area contributed by atoms with Crippen LogP contribution in [-0.2, 0) is 11.8 Å². The van der Waals surface area contributed by atoms with E-state index in [0.717, 1.165) is 11.0 Å². The third-order valence-electron chi connectivity index (χ3n) is 4.16. The number of aryl methyl sites for hydroxylation is 1. The molecule has 1 heterocycles. The fraction of sp³-hybridized carbons (Fsp3) is 0.238. The minimum atomic E-state index is -0.656. The molecule has 2 N–H and O–H groups in total. The van der Waals surface area contributed by atoms with Crippen LogP contribution in [-0.4, -0.2) is 25.7 Å². The number of aromatic hydroxyl groups is 1. The lowest BCUT2D eigenvalue weighted by Gasteiger charge is -2.16. The van der Waals surface area contributed by atoms with Crippen LogP contribution in [0, 0.1) is 5.41 Å². The number of fused-ring (bicyclic) bond motifs is 1. The van der Waals surface area contributed by atoms with E-state index in [1.807, 2.05) is 35.9 Å². The smallest absolute Gasteiger partial charge is 0.316 e. The Morgan fingerprint density at radius 1 is 1.19 bits per heavy atom. The number of hydrogen-bond acceptors (Lipinski definition) is 5. The largest absolute Gasteiger partial charge is 0.507 e. The number of carbonyl (C=O) groups is 1. The number of esters is 1. The summed E-state index contributed by atoms with van der Waals surface area (Å²) in [4.78, 5) is 16.4. The van der Waals surface area contributed by atoms with Gasteiger partial charge in [-0.05, 0) is 45.0 Å². The van der Waals surface area contributed by atoms with Crippen molar-refractivity contribution in [2.45, 2.75) is 20.8 Å². The fourth-order valence-corrected chi connectivity index (χ4v) is 2.54. The summed E-state index contributed by atoms with van der Waals surface area (Å²) in [5.41, 5.74) is 1.31. The number of para-hydroxylation sites is 2. The summed E-state index contributed by atoms with van der Waals surface area (Å²) < 4.78 is 7.10. The molecule has 0 atom stereocenters. The highest BCUT2D eigenvalue weighted by Crippen LogP contribution is 2.30. The first-order valence-corrected chi connectivity index (χ1v) is 8.54. The number of aliphatic hydroxyl groups is 1. The van der Waals surface area contributed by atoms with Crippen LogP contribution in [0.15, 0.2) is 42.5 Å².